The summed E-state index contributed by atoms with van der Waals surface area (Å²) in [6.45, 7) is 1.93. The summed E-state index contributed by atoms with van der Waals surface area (Å²) in [6.07, 6.45) is 0. The van der Waals surface area contributed by atoms with Crippen molar-refractivity contribution in [3.8, 4) is 23.0 Å². The minimum atomic E-state index is -0.247. The minimum absolute atomic E-state index is 0.247. The van der Waals surface area contributed by atoms with Gasteiger partial charge in [-0.25, -0.2) is 4.98 Å². The molecular weight excluding hydrogens is 368 g/mol. The number of hydrogen-bond acceptors (Lipinski definition) is 5. The molecule has 0 unspecified atom stereocenters. The van der Waals surface area contributed by atoms with E-state index in [2.05, 4.69) is 10.3 Å². The number of benzene rings is 3. The second-order valence-electron chi connectivity index (χ2n) is 6.49. The lowest BCUT2D eigenvalue weighted by Crippen LogP contribution is -2.13. The number of nitrogens with one attached hydrogen (secondary N) is 1. The van der Waals surface area contributed by atoms with E-state index in [9.17, 15) is 4.79 Å². The van der Waals surface area contributed by atoms with E-state index >= 15 is 0 Å². The maximum Gasteiger partial charge on any atom is 0.255 e. The van der Waals surface area contributed by atoms with Crippen LogP contribution in [0.5, 0.6) is 11.5 Å². The molecule has 3 aromatic carbocycles. The summed E-state index contributed by atoms with van der Waals surface area (Å²) < 4.78 is 16.4. The molecule has 0 saturated heterocycles. The highest BCUT2D eigenvalue weighted by Gasteiger charge is 2.16. The third-order valence-electron chi connectivity index (χ3n) is 4.75. The van der Waals surface area contributed by atoms with Gasteiger partial charge in [-0.15, -0.1) is 0 Å². The third-order valence-corrected chi connectivity index (χ3v) is 4.75. The van der Waals surface area contributed by atoms with Crippen molar-refractivity contribution in [1.29, 1.82) is 0 Å². The smallest absolute Gasteiger partial charge is 0.255 e. The van der Waals surface area contributed by atoms with Crippen LogP contribution in [-0.4, -0.2) is 25.1 Å². The summed E-state index contributed by atoms with van der Waals surface area (Å²) in [5, 5.41) is 2.95. The zero-order chi connectivity index (χ0) is 20.4. The lowest BCUT2D eigenvalue weighted by atomic mass is 10.1. The van der Waals surface area contributed by atoms with E-state index in [1.807, 2.05) is 49.4 Å². The van der Waals surface area contributed by atoms with E-state index in [4.69, 9.17) is 13.9 Å². The fourth-order valence-electron chi connectivity index (χ4n) is 3.16. The molecule has 0 fully saturated rings. The molecule has 0 aliphatic heterocycles. The molecule has 146 valence electrons. The number of aromatic nitrogens is 1. The standard InChI is InChI=1S/C23H20N2O4/c1-14-16(23-25-18-8-4-5-10-19(18)29-23)7-6-9-17(14)24-22(26)15-11-12-20(27-2)21(13-15)28-3/h4-13H,1-3H3,(H,24,26). The fourth-order valence-corrected chi connectivity index (χ4v) is 3.16. The van der Waals surface area contributed by atoms with Gasteiger partial charge < -0.3 is 19.2 Å². The van der Waals surface area contributed by atoms with Crippen LogP contribution in [-0.2, 0) is 0 Å². The highest BCUT2D eigenvalue weighted by molar-refractivity contribution is 6.05. The Morgan fingerprint density at radius 3 is 2.52 bits per heavy atom. The topological polar surface area (TPSA) is 73.6 Å². The molecule has 0 saturated carbocycles. The Labute approximate surface area is 168 Å². The highest BCUT2D eigenvalue weighted by atomic mass is 16.5. The molecule has 6 heteroatoms. The molecule has 4 rings (SSSR count). The molecule has 0 aliphatic rings. The van der Waals surface area contributed by atoms with Crippen molar-refractivity contribution < 1.29 is 18.7 Å². The van der Waals surface area contributed by atoms with Gasteiger partial charge in [-0.3, -0.25) is 4.79 Å². The first kappa shape index (κ1) is 18.6. The van der Waals surface area contributed by atoms with Gasteiger partial charge in [0.05, 0.1) is 14.2 Å². The predicted molar refractivity (Wildman–Crippen MR) is 112 cm³/mol. The lowest BCUT2D eigenvalue weighted by Gasteiger charge is -2.12. The summed E-state index contributed by atoms with van der Waals surface area (Å²) >= 11 is 0. The zero-order valence-corrected chi connectivity index (χ0v) is 16.4. The van der Waals surface area contributed by atoms with Crippen LogP contribution in [0.1, 0.15) is 15.9 Å². The van der Waals surface area contributed by atoms with Crippen molar-refractivity contribution in [3.63, 3.8) is 0 Å². The molecule has 1 aromatic heterocycles. The van der Waals surface area contributed by atoms with Gasteiger partial charge >= 0.3 is 0 Å². The predicted octanol–water partition coefficient (Wildman–Crippen LogP) is 5.07. The maximum absolute atomic E-state index is 12.8. The number of nitrogens with zero attached hydrogens (tertiary/aromatic N) is 1. The first-order valence-corrected chi connectivity index (χ1v) is 9.09. The zero-order valence-electron chi connectivity index (χ0n) is 16.4. The Morgan fingerprint density at radius 2 is 1.76 bits per heavy atom. The Bertz CT molecular complexity index is 1160. The Morgan fingerprint density at radius 1 is 0.966 bits per heavy atom. The van der Waals surface area contributed by atoms with Crippen LogP contribution in [0.3, 0.4) is 0 Å². The van der Waals surface area contributed by atoms with Crippen LogP contribution in [0.15, 0.2) is 65.1 Å². The van der Waals surface area contributed by atoms with E-state index in [0.717, 1.165) is 22.2 Å². The molecule has 0 aliphatic carbocycles. The van der Waals surface area contributed by atoms with Gasteiger partial charge in [-0.05, 0) is 55.0 Å². The second kappa shape index (κ2) is 7.67. The van der Waals surface area contributed by atoms with Crippen LogP contribution < -0.4 is 14.8 Å². The molecule has 1 amide bonds. The number of oxazole rings is 1. The monoisotopic (exact) mass is 388 g/mol. The normalized spacial score (nSPS) is 10.7. The van der Waals surface area contributed by atoms with Crippen molar-refractivity contribution in [1.82, 2.24) is 4.98 Å². The molecule has 0 radical (unpaired) electrons. The van der Waals surface area contributed by atoms with E-state index < -0.39 is 0 Å². The number of carbonyl (C=O) groups is 1. The van der Waals surface area contributed by atoms with E-state index in [1.54, 1.807) is 25.3 Å². The molecule has 1 N–H and O–H groups in total. The van der Waals surface area contributed by atoms with Gasteiger partial charge in [0.15, 0.2) is 17.1 Å². The Balaban J connectivity index is 1.64. The summed E-state index contributed by atoms with van der Waals surface area (Å²) in [6, 6.07) is 18.3. The summed E-state index contributed by atoms with van der Waals surface area (Å²) in [5.74, 6) is 1.34. The van der Waals surface area contributed by atoms with Gasteiger partial charge in [-0.1, -0.05) is 18.2 Å². The molecule has 6 nitrogen and oxygen atoms in total. The van der Waals surface area contributed by atoms with Crippen LogP contribution >= 0.6 is 0 Å². The van der Waals surface area contributed by atoms with Crippen LogP contribution in [0.25, 0.3) is 22.6 Å². The van der Waals surface area contributed by atoms with E-state index in [-0.39, 0.29) is 5.91 Å². The maximum atomic E-state index is 12.8. The van der Waals surface area contributed by atoms with E-state index in [1.165, 1.54) is 7.11 Å². The van der Waals surface area contributed by atoms with E-state index in [0.29, 0.717) is 28.6 Å². The SMILES string of the molecule is COc1ccc(C(=O)Nc2cccc(-c3nc4ccccc4o3)c2C)cc1OC. The third kappa shape index (κ3) is 3.52. The van der Waals surface area contributed by atoms with Gasteiger partial charge in [0.1, 0.15) is 5.52 Å². The van der Waals surface area contributed by atoms with Crippen molar-refractivity contribution in [2.24, 2.45) is 0 Å². The molecule has 0 bridgehead atoms. The van der Waals surface area contributed by atoms with Gasteiger partial charge in [0.2, 0.25) is 5.89 Å². The molecule has 0 atom stereocenters. The first-order chi connectivity index (χ1) is 14.1. The average molecular weight is 388 g/mol. The number of hydrogen-bond donors (Lipinski definition) is 1. The number of methoxy groups -OCH3 is 2. The average Bonchev–Trinajstić information content (AvgIpc) is 3.18. The largest absolute Gasteiger partial charge is 0.493 e. The second-order valence-corrected chi connectivity index (χ2v) is 6.49. The van der Waals surface area contributed by atoms with Crippen molar-refractivity contribution in [3.05, 3.63) is 71.8 Å². The molecule has 1 heterocycles. The van der Waals surface area contributed by atoms with Gasteiger partial charge in [-0.2, -0.15) is 0 Å². The molecule has 4 aromatic rings. The Kier molecular flexibility index (Phi) is 4.91. The molecule has 0 spiro atoms. The van der Waals surface area contributed by atoms with Gasteiger partial charge in [0, 0.05) is 16.8 Å². The number of amides is 1. The fraction of sp³-hybridized carbons (Fsp3) is 0.130. The number of fused-ring (bicyclic) bond motifs is 1. The number of ether oxygens (including phenoxy) is 2. The number of anilines is 1. The number of carbonyl (C=O) groups excluding carboxylic acids is 1. The first-order valence-electron chi connectivity index (χ1n) is 9.09. The van der Waals surface area contributed by atoms with Crippen LogP contribution in [0.2, 0.25) is 0 Å². The Hall–Kier alpha value is -3.80. The van der Waals surface area contributed by atoms with Crippen LogP contribution in [0.4, 0.5) is 5.69 Å². The van der Waals surface area contributed by atoms with Gasteiger partial charge in [0.25, 0.3) is 5.91 Å². The summed E-state index contributed by atoms with van der Waals surface area (Å²) in [5.41, 5.74) is 4.36. The van der Waals surface area contributed by atoms with Crippen molar-refractivity contribution >= 4 is 22.7 Å². The lowest BCUT2D eigenvalue weighted by molar-refractivity contribution is 0.102. The van der Waals surface area contributed by atoms with Crippen LogP contribution in [0, 0.1) is 6.92 Å². The quantitative estimate of drug-likeness (QED) is 0.516. The number of para-hydroxylation sites is 2. The summed E-state index contributed by atoms with van der Waals surface area (Å²) in [7, 11) is 3.09. The number of rotatable bonds is 5. The molecular formula is C23H20N2O4. The van der Waals surface area contributed by atoms with Crippen molar-refractivity contribution in [2.75, 3.05) is 19.5 Å². The highest BCUT2D eigenvalue weighted by Crippen LogP contribution is 2.31. The van der Waals surface area contributed by atoms with Crippen molar-refractivity contribution in [2.45, 2.75) is 6.92 Å². The summed E-state index contributed by atoms with van der Waals surface area (Å²) in [4.78, 5) is 17.3. The molecule has 29 heavy (non-hydrogen) atoms. The minimum Gasteiger partial charge on any atom is -0.493 e.